The summed E-state index contributed by atoms with van der Waals surface area (Å²) in [6.07, 6.45) is 1.46. The molecule has 0 radical (unpaired) electrons. The number of anilines is 1. The van der Waals surface area contributed by atoms with E-state index < -0.39 is 0 Å². The molecule has 1 amide bonds. The average Bonchev–Trinajstić information content (AvgIpc) is 2.59. The lowest BCUT2D eigenvalue weighted by atomic mass is 10.1. The molecule has 0 saturated carbocycles. The van der Waals surface area contributed by atoms with Crippen LogP contribution in [0, 0.1) is 19.7 Å². The molecule has 0 unspecified atom stereocenters. The Hall–Kier alpha value is -3.01. The predicted molar refractivity (Wildman–Crippen MR) is 93.5 cm³/mol. The minimum Gasteiger partial charge on any atom is -0.322 e. The first-order chi connectivity index (χ1) is 11.5. The van der Waals surface area contributed by atoms with Gasteiger partial charge in [0.2, 0.25) is 0 Å². The zero-order valence-corrected chi connectivity index (χ0v) is 13.5. The number of aryl methyl sites for hydroxylation is 2. The zero-order valence-electron chi connectivity index (χ0n) is 13.5. The molecule has 0 bridgehead atoms. The highest BCUT2D eigenvalue weighted by Gasteiger charge is 2.10. The number of hydrogen-bond donors (Lipinski definition) is 1. The molecule has 120 valence electrons. The number of nitrogens with zero attached hydrogens (tertiary/aromatic N) is 1. The van der Waals surface area contributed by atoms with Gasteiger partial charge in [-0.1, -0.05) is 18.2 Å². The number of pyridine rings is 1. The van der Waals surface area contributed by atoms with Crippen molar-refractivity contribution in [2.75, 3.05) is 5.32 Å². The van der Waals surface area contributed by atoms with Crippen LogP contribution >= 0.6 is 0 Å². The Labute approximate surface area is 140 Å². The SMILES string of the molecule is Cc1ccc(NC(=O)c2ccc(-c3ccccc3F)nc2)cc1C. The quantitative estimate of drug-likeness (QED) is 0.756. The van der Waals surface area contributed by atoms with Crippen LogP contribution < -0.4 is 5.32 Å². The number of aromatic nitrogens is 1. The number of halogens is 1. The van der Waals surface area contributed by atoms with E-state index in [-0.39, 0.29) is 11.7 Å². The number of amides is 1. The van der Waals surface area contributed by atoms with E-state index in [2.05, 4.69) is 10.3 Å². The van der Waals surface area contributed by atoms with E-state index in [0.29, 0.717) is 16.8 Å². The number of hydrogen-bond acceptors (Lipinski definition) is 2. The summed E-state index contributed by atoms with van der Waals surface area (Å²) in [6.45, 7) is 4.02. The van der Waals surface area contributed by atoms with E-state index in [9.17, 15) is 9.18 Å². The van der Waals surface area contributed by atoms with Crippen molar-refractivity contribution in [2.45, 2.75) is 13.8 Å². The minimum absolute atomic E-state index is 0.245. The van der Waals surface area contributed by atoms with Gasteiger partial charge in [0.05, 0.1) is 11.3 Å². The third-order valence-corrected chi connectivity index (χ3v) is 3.94. The molecule has 0 aliphatic heterocycles. The van der Waals surface area contributed by atoms with Gasteiger partial charge < -0.3 is 5.32 Å². The summed E-state index contributed by atoms with van der Waals surface area (Å²) in [5.41, 5.74) is 4.36. The van der Waals surface area contributed by atoms with Gasteiger partial charge in [-0.3, -0.25) is 9.78 Å². The minimum atomic E-state index is -0.336. The normalized spacial score (nSPS) is 10.5. The van der Waals surface area contributed by atoms with Crippen LogP contribution in [0.15, 0.2) is 60.8 Å². The molecule has 0 fully saturated rings. The van der Waals surface area contributed by atoms with Crippen LogP contribution in [0.3, 0.4) is 0 Å². The van der Waals surface area contributed by atoms with E-state index in [4.69, 9.17) is 0 Å². The number of nitrogens with one attached hydrogen (secondary N) is 1. The molecule has 1 heterocycles. The number of carbonyl (C=O) groups excluding carboxylic acids is 1. The van der Waals surface area contributed by atoms with E-state index in [1.54, 1.807) is 30.3 Å². The molecular formula is C20H17FN2O. The molecule has 24 heavy (non-hydrogen) atoms. The Bertz CT molecular complexity index is 888. The first-order valence-corrected chi connectivity index (χ1v) is 7.64. The van der Waals surface area contributed by atoms with Crippen LogP contribution in [-0.2, 0) is 0 Å². The van der Waals surface area contributed by atoms with Crippen molar-refractivity contribution < 1.29 is 9.18 Å². The first-order valence-electron chi connectivity index (χ1n) is 7.64. The summed E-state index contributed by atoms with van der Waals surface area (Å²) in [4.78, 5) is 16.5. The molecule has 0 atom stereocenters. The fourth-order valence-corrected chi connectivity index (χ4v) is 2.38. The van der Waals surface area contributed by atoms with Gasteiger partial charge in [-0.25, -0.2) is 4.39 Å². The predicted octanol–water partition coefficient (Wildman–Crippen LogP) is 4.76. The Balaban J connectivity index is 1.79. The molecule has 3 nitrogen and oxygen atoms in total. The molecule has 0 saturated heterocycles. The fourth-order valence-electron chi connectivity index (χ4n) is 2.38. The fraction of sp³-hybridized carbons (Fsp3) is 0.100. The van der Waals surface area contributed by atoms with Crippen LogP contribution in [0.4, 0.5) is 10.1 Å². The van der Waals surface area contributed by atoms with Gasteiger partial charge in [-0.05, 0) is 61.4 Å². The van der Waals surface area contributed by atoms with Crippen molar-refractivity contribution in [3.63, 3.8) is 0 Å². The molecule has 0 spiro atoms. The van der Waals surface area contributed by atoms with Crippen molar-refractivity contribution in [3.8, 4) is 11.3 Å². The number of benzene rings is 2. The van der Waals surface area contributed by atoms with E-state index in [1.807, 2.05) is 32.0 Å². The lowest BCUT2D eigenvalue weighted by molar-refractivity contribution is 0.102. The van der Waals surface area contributed by atoms with Gasteiger partial charge in [0.25, 0.3) is 5.91 Å². The summed E-state index contributed by atoms with van der Waals surface area (Å²) < 4.78 is 13.8. The lowest BCUT2D eigenvalue weighted by Gasteiger charge is -2.08. The first kappa shape index (κ1) is 15.9. The van der Waals surface area contributed by atoms with Gasteiger partial charge in [-0.15, -0.1) is 0 Å². The third kappa shape index (κ3) is 3.33. The highest BCUT2D eigenvalue weighted by molar-refractivity contribution is 6.04. The van der Waals surface area contributed by atoms with Crippen molar-refractivity contribution in [1.82, 2.24) is 4.98 Å². The van der Waals surface area contributed by atoms with E-state index in [0.717, 1.165) is 11.3 Å². The topological polar surface area (TPSA) is 42.0 Å². The van der Waals surface area contributed by atoms with Gasteiger partial charge in [0, 0.05) is 17.4 Å². The highest BCUT2D eigenvalue weighted by atomic mass is 19.1. The molecule has 0 aliphatic carbocycles. The second kappa shape index (κ2) is 6.62. The summed E-state index contributed by atoms with van der Waals surface area (Å²) in [6, 6.07) is 15.5. The molecular weight excluding hydrogens is 303 g/mol. The molecule has 1 N–H and O–H groups in total. The highest BCUT2D eigenvalue weighted by Crippen LogP contribution is 2.21. The maximum atomic E-state index is 13.8. The summed E-state index contributed by atoms with van der Waals surface area (Å²) in [7, 11) is 0. The Morgan fingerprint density at radius 3 is 2.46 bits per heavy atom. The van der Waals surface area contributed by atoms with Gasteiger partial charge in [-0.2, -0.15) is 0 Å². The number of rotatable bonds is 3. The maximum Gasteiger partial charge on any atom is 0.257 e. The second-order valence-corrected chi connectivity index (χ2v) is 5.67. The summed E-state index contributed by atoms with van der Waals surface area (Å²) in [5.74, 6) is -0.580. The van der Waals surface area contributed by atoms with Crippen LogP contribution in [0.1, 0.15) is 21.5 Å². The molecule has 0 aliphatic rings. The molecule has 1 aromatic heterocycles. The molecule has 4 heteroatoms. The monoisotopic (exact) mass is 320 g/mol. The lowest BCUT2D eigenvalue weighted by Crippen LogP contribution is -2.12. The summed E-state index contributed by atoms with van der Waals surface area (Å²) >= 11 is 0. The Morgan fingerprint density at radius 2 is 1.79 bits per heavy atom. The van der Waals surface area contributed by atoms with Crippen molar-refractivity contribution in [3.05, 3.63) is 83.3 Å². The van der Waals surface area contributed by atoms with Crippen LogP contribution in [0.2, 0.25) is 0 Å². The van der Waals surface area contributed by atoms with E-state index in [1.165, 1.54) is 17.8 Å². The zero-order chi connectivity index (χ0) is 17.1. The molecule has 3 rings (SSSR count). The van der Waals surface area contributed by atoms with Crippen LogP contribution in [0.25, 0.3) is 11.3 Å². The summed E-state index contributed by atoms with van der Waals surface area (Å²) in [5, 5.41) is 2.84. The van der Waals surface area contributed by atoms with Crippen molar-refractivity contribution in [2.24, 2.45) is 0 Å². The number of carbonyl (C=O) groups is 1. The average molecular weight is 320 g/mol. The largest absolute Gasteiger partial charge is 0.322 e. The standard InChI is InChI=1S/C20H17FN2O/c1-13-7-9-16(11-14(13)2)23-20(24)15-8-10-19(22-12-15)17-5-3-4-6-18(17)21/h3-12H,1-2H3,(H,23,24). The Kier molecular flexibility index (Phi) is 4.38. The molecule has 3 aromatic rings. The maximum absolute atomic E-state index is 13.8. The van der Waals surface area contributed by atoms with Gasteiger partial charge in [0.1, 0.15) is 5.82 Å². The van der Waals surface area contributed by atoms with Crippen LogP contribution in [0.5, 0.6) is 0 Å². The third-order valence-electron chi connectivity index (χ3n) is 3.94. The van der Waals surface area contributed by atoms with Gasteiger partial charge in [0.15, 0.2) is 0 Å². The molecule has 2 aromatic carbocycles. The van der Waals surface area contributed by atoms with Crippen molar-refractivity contribution in [1.29, 1.82) is 0 Å². The smallest absolute Gasteiger partial charge is 0.257 e. The Morgan fingerprint density at radius 1 is 1.00 bits per heavy atom. The van der Waals surface area contributed by atoms with Crippen molar-refractivity contribution >= 4 is 11.6 Å². The van der Waals surface area contributed by atoms with Gasteiger partial charge >= 0.3 is 0 Å². The second-order valence-electron chi connectivity index (χ2n) is 5.67. The van der Waals surface area contributed by atoms with Crippen LogP contribution in [-0.4, -0.2) is 10.9 Å². The van der Waals surface area contributed by atoms with E-state index >= 15 is 0 Å².